The molecule has 4 atom stereocenters. The lowest BCUT2D eigenvalue weighted by Crippen LogP contribution is -2.57. The highest BCUT2D eigenvalue weighted by atomic mass is 79.9. The van der Waals surface area contributed by atoms with Crippen LogP contribution in [0.3, 0.4) is 0 Å². The van der Waals surface area contributed by atoms with E-state index in [0.717, 1.165) is 0 Å². The first-order chi connectivity index (χ1) is 10.5. The highest BCUT2D eigenvalue weighted by Gasteiger charge is 2.41. The van der Waals surface area contributed by atoms with Gasteiger partial charge in [-0.3, -0.25) is 4.79 Å². The third kappa shape index (κ3) is 4.28. The topological polar surface area (TPSA) is 84.9 Å². The summed E-state index contributed by atoms with van der Waals surface area (Å²) in [4.78, 5) is 23.5. The van der Waals surface area contributed by atoms with Crippen molar-refractivity contribution >= 4 is 27.8 Å². The first-order valence-corrected chi connectivity index (χ1v) is 8.06. The molecule has 1 aromatic rings. The second-order valence-electron chi connectivity index (χ2n) is 5.06. The molecular weight excluding hydrogens is 354 g/mol. The summed E-state index contributed by atoms with van der Waals surface area (Å²) in [6, 6.07) is 8.08. The molecule has 0 aromatic heterocycles. The van der Waals surface area contributed by atoms with E-state index in [9.17, 15) is 14.7 Å². The van der Waals surface area contributed by atoms with Crippen LogP contribution in [0.15, 0.2) is 30.3 Å². The number of rotatable bonds is 4. The monoisotopic (exact) mass is 371 g/mol. The van der Waals surface area contributed by atoms with Gasteiger partial charge >= 0.3 is 5.97 Å². The number of esters is 1. The molecule has 2 N–H and O–H groups in total. The zero-order valence-electron chi connectivity index (χ0n) is 12.1. The summed E-state index contributed by atoms with van der Waals surface area (Å²) in [6.07, 6.45) is -2.07. The van der Waals surface area contributed by atoms with Gasteiger partial charge in [0.15, 0.2) is 6.29 Å². The van der Waals surface area contributed by atoms with Crippen LogP contribution in [0, 0.1) is 0 Å². The summed E-state index contributed by atoms with van der Waals surface area (Å²) in [7, 11) is 0. The van der Waals surface area contributed by atoms with E-state index in [1.807, 2.05) is 0 Å². The lowest BCUT2D eigenvalue weighted by molar-refractivity contribution is -0.201. The van der Waals surface area contributed by atoms with E-state index in [4.69, 9.17) is 9.47 Å². The van der Waals surface area contributed by atoms with Gasteiger partial charge in [-0.05, 0) is 12.1 Å². The lowest BCUT2D eigenvalue weighted by atomic mass is 9.99. The number of amides is 1. The van der Waals surface area contributed by atoms with Crippen molar-refractivity contribution in [2.24, 2.45) is 0 Å². The van der Waals surface area contributed by atoms with Crippen LogP contribution in [0.4, 0.5) is 0 Å². The van der Waals surface area contributed by atoms with Gasteiger partial charge in [-0.15, -0.1) is 0 Å². The number of carbonyl (C=O) groups is 2. The van der Waals surface area contributed by atoms with Gasteiger partial charge in [0, 0.05) is 18.7 Å². The molecular formula is C15H18BrNO5. The molecule has 0 unspecified atom stereocenters. The maximum atomic E-state index is 12.2. The molecule has 0 bridgehead atoms. The predicted molar refractivity (Wildman–Crippen MR) is 82.5 cm³/mol. The Labute approximate surface area is 136 Å². The Morgan fingerprint density at radius 1 is 1.41 bits per heavy atom. The molecule has 1 fully saturated rings. The number of hydrogen-bond acceptors (Lipinski definition) is 5. The second kappa shape index (κ2) is 7.71. The molecule has 1 aliphatic rings. The van der Waals surface area contributed by atoms with E-state index < -0.39 is 30.5 Å². The number of hydrogen-bond donors (Lipinski definition) is 2. The molecule has 1 aliphatic heterocycles. The maximum absolute atomic E-state index is 12.2. The maximum Gasteiger partial charge on any atom is 0.338 e. The third-order valence-electron chi connectivity index (χ3n) is 3.34. The van der Waals surface area contributed by atoms with Gasteiger partial charge in [-0.25, -0.2) is 4.79 Å². The third-order valence-corrected chi connectivity index (χ3v) is 3.98. The largest absolute Gasteiger partial charge is 0.454 e. The van der Waals surface area contributed by atoms with Crippen molar-refractivity contribution in [3.63, 3.8) is 0 Å². The van der Waals surface area contributed by atoms with Gasteiger partial charge in [0.05, 0.1) is 11.6 Å². The Balaban J connectivity index is 2.15. The summed E-state index contributed by atoms with van der Waals surface area (Å²) in [5.74, 6) is -0.750. The molecule has 2 rings (SSSR count). The Kier molecular flexibility index (Phi) is 5.93. The zero-order valence-corrected chi connectivity index (χ0v) is 13.7. The zero-order chi connectivity index (χ0) is 16.1. The molecule has 0 saturated carbocycles. The Hall–Kier alpha value is -1.44. The first kappa shape index (κ1) is 16.9. The summed E-state index contributed by atoms with van der Waals surface area (Å²) in [6.45, 7) is 1.38. The number of benzene rings is 1. The fourth-order valence-corrected chi connectivity index (χ4v) is 2.92. The fraction of sp³-hybridized carbons (Fsp3) is 0.467. The van der Waals surface area contributed by atoms with Crippen molar-refractivity contribution in [3.8, 4) is 0 Å². The predicted octanol–water partition coefficient (Wildman–Crippen LogP) is 1.22. The van der Waals surface area contributed by atoms with Gasteiger partial charge in [0.25, 0.3) is 0 Å². The van der Waals surface area contributed by atoms with E-state index >= 15 is 0 Å². The molecule has 7 heteroatoms. The number of halogens is 1. The van der Waals surface area contributed by atoms with Gasteiger partial charge in [0.1, 0.15) is 12.2 Å². The van der Waals surface area contributed by atoms with Crippen molar-refractivity contribution in [1.29, 1.82) is 0 Å². The van der Waals surface area contributed by atoms with Crippen LogP contribution in [-0.4, -0.2) is 46.9 Å². The minimum Gasteiger partial charge on any atom is -0.454 e. The SMILES string of the molecule is CC(=O)N[C@H]1C[C@H](O)O[C@H](CBr)[C@@H]1OC(=O)c1ccccc1. The van der Waals surface area contributed by atoms with Gasteiger partial charge < -0.3 is 19.9 Å². The average molecular weight is 372 g/mol. The molecule has 22 heavy (non-hydrogen) atoms. The smallest absolute Gasteiger partial charge is 0.338 e. The average Bonchev–Trinajstić information content (AvgIpc) is 2.49. The van der Waals surface area contributed by atoms with Crippen molar-refractivity contribution in [1.82, 2.24) is 5.32 Å². The summed E-state index contributed by atoms with van der Waals surface area (Å²) in [5.41, 5.74) is 0.420. The van der Waals surface area contributed by atoms with E-state index in [1.165, 1.54) is 6.92 Å². The lowest BCUT2D eigenvalue weighted by Gasteiger charge is -2.39. The van der Waals surface area contributed by atoms with Crippen LogP contribution < -0.4 is 5.32 Å². The number of alkyl halides is 1. The number of nitrogens with one attached hydrogen (secondary N) is 1. The molecule has 120 valence electrons. The fourth-order valence-electron chi connectivity index (χ4n) is 2.40. The number of aliphatic hydroxyl groups is 1. The summed E-state index contributed by atoms with van der Waals surface area (Å²) < 4.78 is 10.9. The van der Waals surface area contributed by atoms with Crippen molar-refractivity contribution in [2.45, 2.75) is 37.9 Å². The molecule has 1 saturated heterocycles. The van der Waals surface area contributed by atoms with Crippen LogP contribution >= 0.6 is 15.9 Å². The van der Waals surface area contributed by atoms with E-state index in [1.54, 1.807) is 30.3 Å². The minimum absolute atomic E-state index is 0.163. The number of ether oxygens (including phenoxy) is 2. The second-order valence-corrected chi connectivity index (χ2v) is 5.71. The minimum atomic E-state index is -1.01. The van der Waals surface area contributed by atoms with Crippen molar-refractivity contribution < 1.29 is 24.2 Å². The number of carbonyl (C=O) groups excluding carboxylic acids is 2. The molecule has 1 heterocycles. The van der Waals surface area contributed by atoms with Crippen molar-refractivity contribution in [3.05, 3.63) is 35.9 Å². The molecule has 0 aliphatic carbocycles. The Bertz CT molecular complexity index is 524. The van der Waals surface area contributed by atoms with E-state index in [0.29, 0.717) is 10.9 Å². The normalized spacial score (nSPS) is 28.0. The Morgan fingerprint density at radius 3 is 2.68 bits per heavy atom. The standard InChI is InChI=1S/C15H18BrNO5/c1-9(18)17-11-7-13(19)21-12(8-16)14(11)22-15(20)10-5-3-2-4-6-10/h2-6,11-14,19H,7-8H2,1H3,(H,17,18)/t11-,12+,13+,14+/m0/s1. The van der Waals surface area contributed by atoms with Crippen LogP contribution in [0.25, 0.3) is 0 Å². The quantitative estimate of drug-likeness (QED) is 0.613. The summed E-state index contributed by atoms with van der Waals surface area (Å²) >= 11 is 3.28. The Morgan fingerprint density at radius 2 is 2.09 bits per heavy atom. The van der Waals surface area contributed by atoms with E-state index in [2.05, 4.69) is 21.2 Å². The van der Waals surface area contributed by atoms with Crippen LogP contribution in [0.1, 0.15) is 23.7 Å². The molecule has 1 aromatic carbocycles. The molecule has 0 spiro atoms. The molecule has 0 radical (unpaired) electrons. The van der Waals surface area contributed by atoms with Gasteiger partial charge in [-0.1, -0.05) is 34.1 Å². The van der Waals surface area contributed by atoms with E-state index in [-0.39, 0.29) is 12.3 Å². The first-order valence-electron chi connectivity index (χ1n) is 6.94. The molecule has 6 nitrogen and oxygen atoms in total. The van der Waals surface area contributed by atoms with Gasteiger partial charge in [0.2, 0.25) is 5.91 Å². The van der Waals surface area contributed by atoms with Crippen LogP contribution in [-0.2, 0) is 14.3 Å². The van der Waals surface area contributed by atoms with Crippen molar-refractivity contribution in [2.75, 3.05) is 5.33 Å². The van der Waals surface area contributed by atoms with Crippen LogP contribution in [0.5, 0.6) is 0 Å². The highest BCUT2D eigenvalue weighted by molar-refractivity contribution is 9.09. The summed E-state index contributed by atoms with van der Waals surface area (Å²) in [5, 5.41) is 12.8. The number of aliphatic hydroxyl groups excluding tert-OH is 1. The van der Waals surface area contributed by atoms with Crippen LogP contribution in [0.2, 0.25) is 0 Å². The highest BCUT2D eigenvalue weighted by Crippen LogP contribution is 2.24. The molecule has 1 amide bonds. The van der Waals surface area contributed by atoms with Gasteiger partial charge in [-0.2, -0.15) is 0 Å².